The van der Waals surface area contributed by atoms with Gasteiger partial charge < -0.3 is 14.8 Å². The van der Waals surface area contributed by atoms with E-state index < -0.39 is 22.6 Å². The number of carbonyl (C=O) groups is 2. The third-order valence-electron chi connectivity index (χ3n) is 4.64. The molecule has 180 valence electrons. The van der Waals surface area contributed by atoms with Gasteiger partial charge in [-0.1, -0.05) is 24.3 Å². The summed E-state index contributed by atoms with van der Waals surface area (Å²) < 4.78 is 23.9. The summed E-state index contributed by atoms with van der Waals surface area (Å²) >= 11 is 0. The van der Waals surface area contributed by atoms with E-state index in [2.05, 4.69) is 15.8 Å². The predicted molar refractivity (Wildman–Crippen MR) is 126 cm³/mol. The number of hydrogen-bond donors (Lipinski definition) is 2. The first-order valence-electron chi connectivity index (χ1n) is 10.3. The van der Waals surface area contributed by atoms with Gasteiger partial charge in [0.1, 0.15) is 5.82 Å². The summed E-state index contributed by atoms with van der Waals surface area (Å²) in [5, 5.41) is 17.6. The average molecular weight is 480 g/mol. The number of rotatable bonds is 10. The standard InChI is InChI=1S/C24H21FN4O6/c1-34-21-8-4-6-17(24(21)35-15-23(31)27-19-11-9-18(25)10-12-19)14-26-28-22(30)13-16-5-2-3-7-20(16)29(32)33/h2-12,14H,13,15H2,1H3,(H,27,31)(H,28,30). The van der Waals surface area contributed by atoms with Crippen molar-refractivity contribution in [2.45, 2.75) is 6.42 Å². The van der Waals surface area contributed by atoms with Gasteiger partial charge in [-0.05, 0) is 36.4 Å². The molecule has 10 nitrogen and oxygen atoms in total. The number of nitrogens with one attached hydrogen (secondary N) is 2. The van der Waals surface area contributed by atoms with Crippen LogP contribution in [0.15, 0.2) is 71.8 Å². The summed E-state index contributed by atoms with van der Waals surface area (Å²) in [6, 6.07) is 16.1. The second-order valence-corrected chi connectivity index (χ2v) is 7.08. The smallest absolute Gasteiger partial charge is 0.273 e. The molecule has 2 N–H and O–H groups in total. The number of nitro benzene ring substituents is 1. The molecule has 0 aliphatic rings. The van der Waals surface area contributed by atoms with Crippen molar-refractivity contribution in [2.75, 3.05) is 19.0 Å². The highest BCUT2D eigenvalue weighted by Gasteiger charge is 2.16. The predicted octanol–water partition coefficient (Wildman–Crippen LogP) is 3.45. The van der Waals surface area contributed by atoms with Gasteiger partial charge in [0.15, 0.2) is 18.1 Å². The zero-order chi connectivity index (χ0) is 25.2. The Kier molecular flexibility index (Phi) is 8.43. The number of carbonyl (C=O) groups excluding carboxylic acids is 2. The number of methoxy groups -OCH3 is 1. The number of nitrogens with zero attached hydrogens (tertiary/aromatic N) is 2. The molecule has 0 unspecified atom stereocenters. The number of halogens is 1. The molecular formula is C24H21FN4O6. The molecule has 0 spiro atoms. The van der Waals surface area contributed by atoms with Gasteiger partial charge in [0.25, 0.3) is 11.6 Å². The van der Waals surface area contributed by atoms with Crippen molar-refractivity contribution in [3.8, 4) is 11.5 Å². The molecule has 0 radical (unpaired) electrons. The minimum atomic E-state index is -0.558. The minimum absolute atomic E-state index is 0.158. The Balaban J connectivity index is 1.64. The number of benzene rings is 3. The largest absolute Gasteiger partial charge is 0.493 e. The Labute approximate surface area is 199 Å². The summed E-state index contributed by atoms with van der Waals surface area (Å²) in [6.07, 6.45) is 1.06. The van der Waals surface area contributed by atoms with E-state index in [9.17, 15) is 24.1 Å². The molecule has 0 atom stereocenters. The normalized spacial score (nSPS) is 10.6. The van der Waals surface area contributed by atoms with Crippen LogP contribution in [0.1, 0.15) is 11.1 Å². The maximum absolute atomic E-state index is 13.0. The van der Waals surface area contributed by atoms with Crippen LogP contribution in [0, 0.1) is 15.9 Å². The van der Waals surface area contributed by atoms with E-state index in [0.717, 1.165) is 0 Å². The van der Waals surface area contributed by atoms with Gasteiger partial charge in [-0.2, -0.15) is 5.10 Å². The molecule has 0 heterocycles. The maximum atomic E-state index is 13.0. The molecule has 3 rings (SSSR count). The Morgan fingerprint density at radius 1 is 1.06 bits per heavy atom. The molecule has 35 heavy (non-hydrogen) atoms. The fourth-order valence-corrected chi connectivity index (χ4v) is 3.04. The van der Waals surface area contributed by atoms with E-state index >= 15 is 0 Å². The van der Waals surface area contributed by atoms with E-state index in [-0.39, 0.29) is 30.0 Å². The fraction of sp³-hybridized carbons (Fsp3) is 0.125. The first-order valence-corrected chi connectivity index (χ1v) is 10.3. The summed E-state index contributed by atoms with van der Waals surface area (Å²) in [5.74, 6) is -0.926. The van der Waals surface area contributed by atoms with E-state index in [1.54, 1.807) is 24.3 Å². The topological polar surface area (TPSA) is 132 Å². The third kappa shape index (κ3) is 7.09. The first kappa shape index (κ1) is 24.8. The van der Waals surface area contributed by atoms with E-state index in [0.29, 0.717) is 17.0 Å². The van der Waals surface area contributed by atoms with Gasteiger partial charge >= 0.3 is 0 Å². The summed E-state index contributed by atoms with van der Waals surface area (Å²) in [4.78, 5) is 35.0. The molecule has 3 aromatic carbocycles. The van der Waals surface area contributed by atoms with Crippen LogP contribution in [0.5, 0.6) is 11.5 Å². The molecule has 2 amide bonds. The number of hydrogen-bond acceptors (Lipinski definition) is 7. The van der Waals surface area contributed by atoms with Crippen molar-refractivity contribution in [3.63, 3.8) is 0 Å². The van der Waals surface area contributed by atoms with Gasteiger partial charge in [0.05, 0.1) is 24.7 Å². The Morgan fingerprint density at radius 3 is 2.51 bits per heavy atom. The molecule has 0 aromatic heterocycles. The van der Waals surface area contributed by atoms with Crippen molar-refractivity contribution >= 4 is 29.4 Å². The van der Waals surface area contributed by atoms with Crippen LogP contribution in [0.25, 0.3) is 0 Å². The Hall–Kier alpha value is -4.80. The highest BCUT2D eigenvalue weighted by atomic mass is 19.1. The maximum Gasteiger partial charge on any atom is 0.273 e. The SMILES string of the molecule is COc1cccc(C=NNC(=O)Cc2ccccc2[N+](=O)[O-])c1OCC(=O)Nc1ccc(F)cc1. The van der Waals surface area contributed by atoms with Crippen LogP contribution in [0.4, 0.5) is 15.8 Å². The lowest BCUT2D eigenvalue weighted by atomic mass is 10.1. The molecule has 11 heteroatoms. The highest BCUT2D eigenvalue weighted by Crippen LogP contribution is 2.30. The lowest BCUT2D eigenvalue weighted by Gasteiger charge is -2.13. The lowest BCUT2D eigenvalue weighted by molar-refractivity contribution is -0.385. The van der Waals surface area contributed by atoms with Gasteiger partial charge in [-0.3, -0.25) is 19.7 Å². The number of nitro groups is 1. The second-order valence-electron chi connectivity index (χ2n) is 7.08. The summed E-state index contributed by atoms with van der Waals surface area (Å²) in [6.45, 7) is -0.372. The third-order valence-corrected chi connectivity index (χ3v) is 4.64. The molecular weight excluding hydrogens is 459 g/mol. The summed E-state index contributed by atoms with van der Waals surface area (Å²) in [5.41, 5.74) is 3.22. The molecule has 0 fully saturated rings. The average Bonchev–Trinajstić information content (AvgIpc) is 2.84. The molecule has 3 aromatic rings. The van der Waals surface area contributed by atoms with Crippen molar-refractivity contribution in [1.82, 2.24) is 5.43 Å². The van der Waals surface area contributed by atoms with Crippen molar-refractivity contribution in [3.05, 3.63) is 93.8 Å². The van der Waals surface area contributed by atoms with Crippen LogP contribution >= 0.6 is 0 Å². The molecule has 0 saturated heterocycles. The van der Waals surface area contributed by atoms with Crippen LogP contribution in [0.3, 0.4) is 0 Å². The molecule has 0 bridgehead atoms. The Bertz CT molecular complexity index is 1250. The quantitative estimate of drug-likeness (QED) is 0.260. The summed E-state index contributed by atoms with van der Waals surface area (Å²) in [7, 11) is 1.43. The number of hydrazone groups is 1. The Morgan fingerprint density at radius 2 is 1.80 bits per heavy atom. The van der Waals surface area contributed by atoms with Crippen LogP contribution < -0.4 is 20.2 Å². The second kappa shape index (κ2) is 11.9. The van der Waals surface area contributed by atoms with Crippen molar-refractivity contribution < 1.29 is 28.4 Å². The van der Waals surface area contributed by atoms with Gasteiger partial charge in [-0.15, -0.1) is 0 Å². The minimum Gasteiger partial charge on any atom is -0.493 e. The zero-order valence-corrected chi connectivity index (χ0v) is 18.6. The van der Waals surface area contributed by atoms with E-state index in [4.69, 9.17) is 9.47 Å². The number of anilines is 1. The van der Waals surface area contributed by atoms with Gasteiger partial charge in [0, 0.05) is 22.9 Å². The number of para-hydroxylation sites is 2. The van der Waals surface area contributed by atoms with Crippen LogP contribution in [0.2, 0.25) is 0 Å². The van der Waals surface area contributed by atoms with Crippen LogP contribution in [-0.2, 0) is 16.0 Å². The zero-order valence-electron chi connectivity index (χ0n) is 18.6. The van der Waals surface area contributed by atoms with E-state index in [1.165, 1.54) is 55.8 Å². The fourth-order valence-electron chi connectivity index (χ4n) is 3.04. The van der Waals surface area contributed by atoms with Gasteiger partial charge in [-0.25, -0.2) is 9.82 Å². The van der Waals surface area contributed by atoms with Gasteiger partial charge in [0.2, 0.25) is 5.91 Å². The van der Waals surface area contributed by atoms with E-state index in [1.807, 2.05) is 0 Å². The first-order chi connectivity index (χ1) is 16.9. The monoisotopic (exact) mass is 480 g/mol. The molecule has 0 aliphatic heterocycles. The van der Waals surface area contributed by atoms with Crippen LogP contribution in [-0.4, -0.2) is 36.7 Å². The number of ether oxygens (including phenoxy) is 2. The molecule has 0 aliphatic carbocycles. The lowest BCUT2D eigenvalue weighted by Crippen LogP contribution is -2.21. The van der Waals surface area contributed by atoms with Crippen molar-refractivity contribution in [1.29, 1.82) is 0 Å². The molecule has 0 saturated carbocycles. The van der Waals surface area contributed by atoms with Crippen molar-refractivity contribution in [2.24, 2.45) is 5.10 Å². The number of amides is 2. The highest BCUT2D eigenvalue weighted by molar-refractivity contribution is 5.92.